The number of halogens is 2. The number of nitrogens with one attached hydrogen (secondary N) is 1. The molecule has 1 N–H and O–H groups in total. The van der Waals surface area contributed by atoms with Crippen molar-refractivity contribution in [3.05, 3.63) is 57.5 Å². The average molecular weight is 575 g/mol. The molecule has 2 aromatic carbocycles. The highest BCUT2D eigenvalue weighted by Gasteiger charge is 2.31. The molecule has 0 saturated heterocycles. The van der Waals surface area contributed by atoms with E-state index in [0.29, 0.717) is 6.54 Å². The molecule has 1 unspecified atom stereocenters. The minimum Gasteiger partial charge on any atom is -0.495 e. The van der Waals surface area contributed by atoms with Crippen LogP contribution in [0.25, 0.3) is 0 Å². The SMILES string of the molecule is CCCNC(=O)C(C)N(Cc1cccc(Br)c1)C(=O)CN(c1cc(Cl)ccc1OC)S(C)(=O)=O. The van der Waals surface area contributed by atoms with E-state index < -0.39 is 28.5 Å². The van der Waals surface area contributed by atoms with E-state index in [4.69, 9.17) is 16.3 Å². The molecule has 0 bridgehead atoms. The molecule has 2 rings (SSSR count). The van der Waals surface area contributed by atoms with Gasteiger partial charge in [0, 0.05) is 22.6 Å². The van der Waals surface area contributed by atoms with Gasteiger partial charge in [0.25, 0.3) is 0 Å². The van der Waals surface area contributed by atoms with Crippen molar-refractivity contribution >= 4 is 55.1 Å². The van der Waals surface area contributed by atoms with Gasteiger partial charge in [0.2, 0.25) is 21.8 Å². The van der Waals surface area contributed by atoms with Crippen molar-refractivity contribution in [3.63, 3.8) is 0 Å². The normalized spacial score (nSPS) is 12.1. The summed E-state index contributed by atoms with van der Waals surface area (Å²) in [7, 11) is -2.50. The molecule has 0 saturated carbocycles. The summed E-state index contributed by atoms with van der Waals surface area (Å²) >= 11 is 9.51. The van der Waals surface area contributed by atoms with E-state index in [1.165, 1.54) is 24.1 Å². The van der Waals surface area contributed by atoms with E-state index >= 15 is 0 Å². The van der Waals surface area contributed by atoms with E-state index in [1.54, 1.807) is 13.0 Å². The second kappa shape index (κ2) is 12.4. The molecule has 11 heteroatoms. The van der Waals surface area contributed by atoms with Crippen LogP contribution in [0.1, 0.15) is 25.8 Å². The van der Waals surface area contributed by atoms with Gasteiger partial charge in [-0.25, -0.2) is 8.42 Å². The first-order chi connectivity index (χ1) is 16.0. The van der Waals surface area contributed by atoms with Crippen molar-refractivity contribution in [3.8, 4) is 5.75 Å². The summed E-state index contributed by atoms with van der Waals surface area (Å²) in [6.45, 7) is 3.60. The highest BCUT2D eigenvalue weighted by molar-refractivity contribution is 9.10. The smallest absolute Gasteiger partial charge is 0.244 e. The molecule has 0 aromatic heterocycles. The zero-order valence-corrected chi connectivity index (χ0v) is 22.7. The summed E-state index contributed by atoms with van der Waals surface area (Å²) in [5, 5.41) is 3.08. The maximum atomic E-state index is 13.5. The number of methoxy groups -OCH3 is 1. The van der Waals surface area contributed by atoms with Crippen LogP contribution in [0.15, 0.2) is 46.9 Å². The van der Waals surface area contributed by atoms with Crippen LogP contribution in [0.2, 0.25) is 5.02 Å². The Bertz CT molecular complexity index is 1130. The van der Waals surface area contributed by atoms with Crippen molar-refractivity contribution in [1.82, 2.24) is 10.2 Å². The number of carbonyl (C=O) groups excluding carboxylic acids is 2. The summed E-state index contributed by atoms with van der Waals surface area (Å²) in [5.41, 5.74) is 0.917. The molecular weight excluding hydrogens is 546 g/mol. The fraction of sp³-hybridized carbons (Fsp3) is 0.391. The van der Waals surface area contributed by atoms with E-state index in [9.17, 15) is 18.0 Å². The van der Waals surface area contributed by atoms with Gasteiger partial charge in [-0.2, -0.15) is 0 Å². The number of sulfonamides is 1. The fourth-order valence-electron chi connectivity index (χ4n) is 3.26. The highest BCUT2D eigenvalue weighted by atomic mass is 79.9. The molecular formula is C23H29BrClN3O5S. The van der Waals surface area contributed by atoms with E-state index in [1.807, 2.05) is 31.2 Å². The second-order valence-corrected chi connectivity index (χ2v) is 11.0. The third-order valence-electron chi connectivity index (χ3n) is 5.05. The maximum absolute atomic E-state index is 13.5. The summed E-state index contributed by atoms with van der Waals surface area (Å²) in [6.07, 6.45) is 1.74. The van der Waals surface area contributed by atoms with Crippen molar-refractivity contribution < 1.29 is 22.7 Å². The lowest BCUT2D eigenvalue weighted by molar-refractivity contribution is -0.139. The van der Waals surface area contributed by atoms with Crippen molar-refractivity contribution in [2.45, 2.75) is 32.9 Å². The maximum Gasteiger partial charge on any atom is 0.244 e. The second-order valence-electron chi connectivity index (χ2n) is 7.70. The number of anilines is 1. The van der Waals surface area contributed by atoms with Crippen LogP contribution in [-0.2, 0) is 26.2 Å². The van der Waals surface area contributed by atoms with Gasteiger partial charge >= 0.3 is 0 Å². The van der Waals surface area contributed by atoms with Gasteiger partial charge in [0.1, 0.15) is 18.3 Å². The van der Waals surface area contributed by atoms with Crippen LogP contribution in [0, 0.1) is 0 Å². The van der Waals surface area contributed by atoms with Crippen LogP contribution < -0.4 is 14.4 Å². The predicted octanol–water partition coefficient (Wildman–Crippen LogP) is 3.82. The topological polar surface area (TPSA) is 96.0 Å². The Morgan fingerprint density at radius 2 is 1.91 bits per heavy atom. The Labute approximate surface area is 214 Å². The van der Waals surface area contributed by atoms with Crippen molar-refractivity contribution in [2.24, 2.45) is 0 Å². The molecule has 0 spiro atoms. The molecule has 1 atom stereocenters. The van der Waals surface area contributed by atoms with Gasteiger partial charge in [0.15, 0.2) is 0 Å². The average Bonchev–Trinajstić information content (AvgIpc) is 2.78. The van der Waals surface area contributed by atoms with Gasteiger partial charge in [-0.15, -0.1) is 0 Å². The highest BCUT2D eigenvalue weighted by Crippen LogP contribution is 2.33. The molecule has 8 nitrogen and oxygen atoms in total. The molecule has 0 fully saturated rings. The summed E-state index contributed by atoms with van der Waals surface area (Å²) in [4.78, 5) is 27.6. The zero-order valence-electron chi connectivity index (χ0n) is 19.5. The van der Waals surface area contributed by atoms with Gasteiger partial charge in [-0.3, -0.25) is 13.9 Å². The van der Waals surface area contributed by atoms with Crippen LogP contribution >= 0.6 is 27.5 Å². The van der Waals surface area contributed by atoms with E-state index in [-0.39, 0.29) is 28.9 Å². The molecule has 34 heavy (non-hydrogen) atoms. The lowest BCUT2D eigenvalue weighted by atomic mass is 10.1. The predicted molar refractivity (Wildman–Crippen MR) is 138 cm³/mol. The van der Waals surface area contributed by atoms with Gasteiger partial charge in [-0.1, -0.05) is 46.6 Å². The monoisotopic (exact) mass is 573 g/mol. The van der Waals surface area contributed by atoms with E-state index in [2.05, 4.69) is 21.2 Å². The number of hydrogen-bond donors (Lipinski definition) is 1. The third kappa shape index (κ3) is 7.61. The first kappa shape index (κ1) is 27.9. The number of rotatable bonds is 11. The van der Waals surface area contributed by atoms with Crippen LogP contribution in [-0.4, -0.2) is 57.6 Å². The van der Waals surface area contributed by atoms with Crippen LogP contribution in [0.5, 0.6) is 5.75 Å². The molecule has 0 aliphatic carbocycles. The number of amides is 2. The number of hydrogen-bond acceptors (Lipinski definition) is 5. The van der Waals surface area contributed by atoms with E-state index in [0.717, 1.165) is 27.0 Å². The summed E-state index contributed by atoms with van der Waals surface area (Å²) in [5.74, 6) is -0.627. The van der Waals surface area contributed by atoms with Crippen molar-refractivity contribution in [1.29, 1.82) is 0 Å². The molecule has 0 heterocycles. The summed E-state index contributed by atoms with van der Waals surface area (Å²) < 4.78 is 32.4. The first-order valence-electron chi connectivity index (χ1n) is 10.6. The zero-order chi connectivity index (χ0) is 25.5. The Hall–Kier alpha value is -2.30. The number of carbonyl (C=O) groups is 2. The van der Waals surface area contributed by atoms with Gasteiger partial charge in [-0.05, 0) is 49.2 Å². The minimum absolute atomic E-state index is 0.114. The number of nitrogens with zero attached hydrogens (tertiary/aromatic N) is 2. The molecule has 0 radical (unpaired) electrons. The quantitative estimate of drug-likeness (QED) is 0.440. The minimum atomic E-state index is -3.90. The Morgan fingerprint density at radius 3 is 2.50 bits per heavy atom. The fourth-order valence-corrected chi connectivity index (χ4v) is 4.72. The summed E-state index contributed by atoms with van der Waals surface area (Å²) in [6, 6.07) is 11.0. The molecule has 186 valence electrons. The number of ether oxygens (including phenoxy) is 1. The molecule has 0 aliphatic rings. The van der Waals surface area contributed by atoms with Crippen molar-refractivity contribution in [2.75, 3.05) is 30.8 Å². The van der Waals surface area contributed by atoms with Gasteiger partial charge in [0.05, 0.1) is 19.1 Å². The largest absolute Gasteiger partial charge is 0.495 e. The number of benzene rings is 2. The molecule has 2 amide bonds. The van der Waals surface area contributed by atoms with Crippen LogP contribution in [0.3, 0.4) is 0 Å². The molecule has 0 aliphatic heterocycles. The standard InChI is InChI=1S/C23H29BrClN3O5S/c1-5-11-26-23(30)16(2)27(14-17-7-6-8-18(24)12-17)22(29)15-28(34(4,31)32)20-13-19(25)9-10-21(20)33-3/h6-10,12-13,16H,5,11,14-15H2,1-4H3,(H,26,30). The van der Waals surface area contributed by atoms with Gasteiger partial charge < -0.3 is 15.0 Å². The lowest BCUT2D eigenvalue weighted by Gasteiger charge is -2.32. The van der Waals surface area contributed by atoms with Crippen LogP contribution in [0.4, 0.5) is 5.69 Å². The Kier molecular flexibility index (Phi) is 10.2. The lowest BCUT2D eigenvalue weighted by Crippen LogP contribution is -2.51. The Morgan fingerprint density at radius 1 is 1.21 bits per heavy atom. The first-order valence-corrected chi connectivity index (χ1v) is 13.6. The Balaban J connectivity index is 2.45. The molecule has 2 aromatic rings. The third-order valence-corrected chi connectivity index (χ3v) is 6.90.